The van der Waals surface area contributed by atoms with Crippen molar-refractivity contribution in [2.45, 2.75) is 69.8 Å². The zero-order valence-corrected chi connectivity index (χ0v) is 36.2. The van der Waals surface area contributed by atoms with Crippen LogP contribution in [0.1, 0.15) is 47.2 Å². The third-order valence-corrected chi connectivity index (χ3v) is 10.8. The van der Waals surface area contributed by atoms with Crippen LogP contribution in [-0.4, -0.2) is 62.5 Å². The molecule has 1 aliphatic heterocycles. The van der Waals surface area contributed by atoms with Gasteiger partial charge in [-0.05, 0) is 51.9 Å². The zero-order valence-electron chi connectivity index (χ0n) is 36.2. The highest BCUT2D eigenvalue weighted by atomic mass is 16.7. The Balaban J connectivity index is 1.17. The van der Waals surface area contributed by atoms with E-state index in [4.69, 9.17) is 37.9 Å². The Labute approximate surface area is 375 Å². The fraction of sp³-hybridized carbons (Fsp3) is 0.259. The Morgan fingerprint density at radius 2 is 1.06 bits per heavy atom. The first kappa shape index (κ1) is 45.5. The minimum Gasteiger partial charge on any atom is -0.485 e. The molecule has 0 N–H and O–H groups in total. The second-order valence-electron chi connectivity index (χ2n) is 15.3. The molecule has 10 heteroatoms. The lowest BCUT2D eigenvalue weighted by molar-refractivity contribution is -0.314. The van der Waals surface area contributed by atoms with Crippen LogP contribution in [0.25, 0.3) is 0 Å². The summed E-state index contributed by atoms with van der Waals surface area (Å²) < 4.78 is 51.2. The molecule has 1 saturated heterocycles. The van der Waals surface area contributed by atoms with Gasteiger partial charge in [-0.1, -0.05) is 164 Å². The molecule has 6 aromatic carbocycles. The van der Waals surface area contributed by atoms with E-state index in [9.17, 15) is 9.59 Å². The van der Waals surface area contributed by atoms with Crippen LogP contribution in [0, 0.1) is 0 Å². The van der Waals surface area contributed by atoms with Gasteiger partial charge < -0.3 is 37.9 Å². The molecule has 64 heavy (non-hydrogen) atoms. The molecule has 330 valence electrons. The average Bonchev–Trinajstić information content (AvgIpc) is 3.33. The average molecular weight is 863 g/mol. The molecular weight excluding hydrogens is 809 g/mol. The number of benzene rings is 6. The second-order valence-corrected chi connectivity index (χ2v) is 15.3. The monoisotopic (exact) mass is 862 g/mol. The van der Waals surface area contributed by atoms with E-state index in [1.165, 1.54) is 13.8 Å². The summed E-state index contributed by atoms with van der Waals surface area (Å²) in [5.74, 6) is 0.0260. The van der Waals surface area contributed by atoms with Crippen molar-refractivity contribution in [3.05, 3.63) is 216 Å². The Hall–Kier alpha value is -6.56. The van der Waals surface area contributed by atoms with Crippen molar-refractivity contribution in [3.63, 3.8) is 0 Å². The SMILES string of the molecule is C=CCO[C@@H]1[C@@H](OC(C)=O)[C@H](OCCc2ccc(OCc3ccccc3)c(OCc3ccccc3)c2)O[C@H](COC(c2ccccc2)(c2ccccc2)c2ccccc2)[C@H]1OC(C)=O. The minimum atomic E-state index is -1.15. The van der Waals surface area contributed by atoms with Gasteiger partial charge in [0.1, 0.15) is 31.0 Å². The first-order chi connectivity index (χ1) is 31.3. The van der Waals surface area contributed by atoms with E-state index in [2.05, 4.69) is 6.58 Å². The van der Waals surface area contributed by atoms with E-state index in [0.717, 1.165) is 33.4 Å². The normalized spacial score (nSPS) is 18.4. The predicted octanol–water partition coefficient (Wildman–Crippen LogP) is 9.57. The van der Waals surface area contributed by atoms with Gasteiger partial charge in [0.25, 0.3) is 0 Å². The maximum absolute atomic E-state index is 12.8. The van der Waals surface area contributed by atoms with Gasteiger partial charge in [0.15, 0.2) is 30.0 Å². The lowest BCUT2D eigenvalue weighted by Crippen LogP contribution is -2.63. The van der Waals surface area contributed by atoms with Crippen molar-refractivity contribution < 1.29 is 47.5 Å². The number of carbonyl (C=O) groups is 2. The summed E-state index contributed by atoms with van der Waals surface area (Å²) >= 11 is 0. The zero-order chi connectivity index (χ0) is 44.6. The fourth-order valence-corrected chi connectivity index (χ4v) is 7.85. The van der Waals surface area contributed by atoms with Crippen LogP contribution in [0.2, 0.25) is 0 Å². The predicted molar refractivity (Wildman–Crippen MR) is 243 cm³/mol. The molecule has 10 nitrogen and oxygen atoms in total. The Bertz CT molecular complexity index is 2260. The van der Waals surface area contributed by atoms with E-state index in [-0.39, 0.29) is 19.8 Å². The third kappa shape index (κ3) is 11.7. The van der Waals surface area contributed by atoms with Gasteiger partial charge in [-0.25, -0.2) is 0 Å². The van der Waals surface area contributed by atoms with Crippen LogP contribution in [0.3, 0.4) is 0 Å². The topological polar surface area (TPSA) is 108 Å². The van der Waals surface area contributed by atoms with E-state index in [0.29, 0.717) is 31.1 Å². The van der Waals surface area contributed by atoms with Crippen LogP contribution in [0.15, 0.2) is 183 Å². The van der Waals surface area contributed by atoms with Gasteiger partial charge in [-0.15, -0.1) is 6.58 Å². The van der Waals surface area contributed by atoms with Crippen molar-refractivity contribution in [2.24, 2.45) is 0 Å². The highest BCUT2D eigenvalue weighted by Crippen LogP contribution is 2.42. The van der Waals surface area contributed by atoms with Crippen molar-refractivity contribution in [3.8, 4) is 11.5 Å². The molecule has 0 spiro atoms. The molecule has 7 rings (SSSR count). The molecule has 1 fully saturated rings. The second kappa shape index (κ2) is 22.7. The van der Waals surface area contributed by atoms with Crippen LogP contribution >= 0.6 is 0 Å². The Morgan fingerprint density at radius 3 is 1.56 bits per heavy atom. The summed E-state index contributed by atoms with van der Waals surface area (Å²) in [5.41, 5.74) is 4.47. The number of esters is 2. The molecule has 1 heterocycles. The number of hydrogen-bond donors (Lipinski definition) is 0. The van der Waals surface area contributed by atoms with Crippen molar-refractivity contribution in [1.29, 1.82) is 0 Å². The highest BCUT2D eigenvalue weighted by molar-refractivity contribution is 5.67. The Kier molecular flexibility index (Phi) is 16.1. The molecule has 0 amide bonds. The fourth-order valence-electron chi connectivity index (χ4n) is 7.85. The molecule has 1 aliphatic rings. The van der Waals surface area contributed by atoms with E-state index in [1.807, 2.05) is 170 Å². The van der Waals surface area contributed by atoms with Gasteiger partial charge in [-0.3, -0.25) is 9.59 Å². The first-order valence-electron chi connectivity index (χ1n) is 21.4. The summed E-state index contributed by atoms with van der Waals surface area (Å²) in [7, 11) is 0. The van der Waals surface area contributed by atoms with Crippen molar-refractivity contribution in [2.75, 3.05) is 19.8 Å². The lowest BCUT2D eigenvalue weighted by atomic mass is 9.80. The summed E-state index contributed by atoms with van der Waals surface area (Å²) in [6.07, 6.45) is -3.32. The largest absolute Gasteiger partial charge is 0.485 e. The number of hydrogen-bond acceptors (Lipinski definition) is 10. The maximum Gasteiger partial charge on any atom is 0.303 e. The molecule has 6 aromatic rings. The van der Waals surface area contributed by atoms with E-state index < -0.39 is 48.2 Å². The summed E-state index contributed by atoms with van der Waals surface area (Å²) in [4.78, 5) is 25.5. The number of ether oxygens (including phenoxy) is 8. The highest BCUT2D eigenvalue weighted by Gasteiger charge is 2.52. The molecule has 0 unspecified atom stereocenters. The molecule has 0 saturated carbocycles. The summed E-state index contributed by atoms with van der Waals surface area (Å²) in [6.45, 7) is 7.27. The van der Waals surface area contributed by atoms with Crippen molar-refractivity contribution >= 4 is 11.9 Å². The van der Waals surface area contributed by atoms with Crippen LogP contribution < -0.4 is 9.47 Å². The quantitative estimate of drug-likeness (QED) is 0.0395. The van der Waals surface area contributed by atoms with E-state index >= 15 is 0 Å². The molecule has 0 aromatic heterocycles. The number of rotatable bonds is 21. The third-order valence-electron chi connectivity index (χ3n) is 10.8. The Morgan fingerprint density at radius 1 is 0.578 bits per heavy atom. The minimum absolute atomic E-state index is 0.0624. The van der Waals surface area contributed by atoms with Gasteiger partial charge in [0, 0.05) is 13.8 Å². The lowest BCUT2D eigenvalue weighted by Gasteiger charge is -2.46. The smallest absolute Gasteiger partial charge is 0.303 e. The van der Waals surface area contributed by atoms with Gasteiger partial charge in [0.2, 0.25) is 0 Å². The summed E-state index contributed by atoms with van der Waals surface area (Å²) in [6, 6.07) is 55.4. The molecular formula is C54H54O10. The molecule has 5 atom stereocenters. The van der Waals surface area contributed by atoms with Crippen LogP contribution in [0.4, 0.5) is 0 Å². The van der Waals surface area contributed by atoms with Crippen LogP contribution in [0.5, 0.6) is 11.5 Å². The summed E-state index contributed by atoms with van der Waals surface area (Å²) in [5, 5.41) is 0. The molecule has 0 radical (unpaired) electrons. The van der Waals surface area contributed by atoms with Gasteiger partial charge in [0.05, 0.1) is 19.8 Å². The van der Waals surface area contributed by atoms with Gasteiger partial charge >= 0.3 is 11.9 Å². The molecule has 0 aliphatic carbocycles. The van der Waals surface area contributed by atoms with E-state index in [1.54, 1.807) is 6.08 Å². The number of carbonyl (C=O) groups excluding carboxylic acids is 2. The van der Waals surface area contributed by atoms with Crippen molar-refractivity contribution in [1.82, 2.24) is 0 Å². The maximum atomic E-state index is 12.8. The van der Waals surface area contributed by atoms with Crippen LogP contribution in [-0.2, 0) is 63.2 Å². The van der Waals surface area contributed by atoms with Gasteiger partial charge in [-0.2, -0.15) is 0 Å². The first-order valence-corrected chi connectivity index (χ1v) is 21.4. The molecule has 0 bridgehead atoms. The standard InChI is InChI=1S/C54H54O10/c1-4-33-57-51-50(62-39(2)55)49(38-61-54(44-24-14-7-15-25-44,45-26-16-8-17-27-45)46-28-18-9-19-29-46)64-53(52(51)63-40(3)56)58-34-32-41-30-31-47(59-36-42-20-10-5-11-21-42)48(35-41)60-37-43-22-12-6-13-23-43/h4-31,35,49-53H,1,32-34,36-38H2,2-3H3/t49-,50-,51+,52-,53-/m1/s1.